The van der Waals surface area contributed by atoms with E-state index < -0.39 is 3.95 Å². The first-order chi connectivity index (χ1) is 3.06. The van der Waals surface area contributed by atoms with Crippen molar-refractivity contribution < 1.29 is 0 Å². The highest BCUT2D eigenvalue weighted by molar-refractivity contribution is 8.85. The van der Waals surface area contributed by atoms with Crippen molar-refractivity contribution in [2.45, 2.75) is 6.92 Å². The van der Waals surface area contributed by atoms with E-state index in [1.54, 1.807) is 0 Å². The highest BCUT2D eigenvalue weighted by atomic mass is 35.9. The summed E-state index contributed by atoms with van der Waals surface area (Å²) >= 11 is 17.1. The van der Waals surface area contributed by atoms with Crippen LogP contribution < -0.4 is 0 Å². The quantitative estimate of drug-likeness (QED) is 0.619. The molecule has 0 unspecified atom stereocenters. The molecule has 0 amide bonds. The zero-order chi connectivity index (χ0) is 5.91. The lowest BCUT2D eigenvalue weighted by atomic mass is 11.0. The van der Waals surface area contributed by atoms with E-state index in [1.807, 2.05) is 6.92 Å². The zero-order valence-electron chi connectivity index (χ0n) is 3.73. The highest BCUT2D eigenvalue weighted by Crippen LogP contribution is 2.68. The molecule has 0 aliphatic carbocycles. The summed E-state index contributed by atoms with van der Waals surface area (Å²) in [6.45, 7) is 1.98. The van der Waals surface area contributed by atoms with Crippen molar-refractivity contribution >= 4 is 49.6 Å². The molecule has 0 aromatic rings. The van der Waals surface area contributed by atoms with Gasteiger partial charge in [-0.15, -0.1) is 0 Å². The average Bonchev–Trinajstić information content (AvgIpc) is 1.30. The molecule has 0 atom stereocenters. The minimum atomic E-state index is -1.97. The number of rotatable bonds is 2. The molecule has 0 aliphatic rings. The maximum Gasteiger partial charge on any atom is 0.171 e. The van der Waals surface area contributed by atoms with Gasteiger partial charge in [-0.05, 0) is 5.75 Å². The molecule has 0 aromatic heterocycles. The van der Waals surface area contributed by atoms with Gasteiger partial charge in [-0.25, -0.2) is 0 Å². The Morgan fingerprint density at radius 1 is 1.71 bits per heavy atom. The molecule has 7 heavy (non-hydrogen) atoms. The third kappa shape index (κ3) is 7.58. The highest BCUT2D eigenvalue weighted by Gasteiger charge is 2.04. The van der Waals surface area contributed by atoms with E-state index in [9.17, 15) is 0 Å². The number of hydrogen-bond acceptors (Lipinski definition) is 2. The van der Waals surface area contributed by atoms with Crippen LogP contribution in [0.2, 0.25) is 0 Å². The summed E-state index contributed by atoms with van der Waals surface area (Å²) in [5.41, 5.74) is 0. The van der Waals surface area contributed by atoms with Gasteiger partial charge in [-0.1, -0.05) is 52.6 Å². The van der Waals surface area contributed by atoms with Gasteiger partial charge in [-0.3, -0.25) is 0 Å². The monoisotopic (exact) mass is 194 g/mol. The van der Waals surface area contributed by atoms with Crippen molar-refractivity contribution in [2.75, 3.05) is 5.75 Å². The molecule has 0 radical (unpaired) electrons. The summed E-state index contributed by atoms with van der Waals surface area (Å²) in [5.74, 6) is 0.907. The van der Waals surface area contributed by atoms with Gasteiger partial charge in [0.05, 0.1) is 0 Å². The van der Waals surface area contributed by atoms with Crippen LogP contribution in [0.1, 0.15) is 6.92 Å². The predicted octanol–water partition coefficient (Wildman–Crippen LogP) is 3.44. The average molecular weight is 195 g/mol. The Morgan fingerprint density at radius 2 is 2.14 bits per heavy atom. The van der Waals surface area contributed by atoms with Gasteiger partial charge in [-0.2, -0.15) is 0 Å². The van der Waals surface area contributed by atoms with Crippen LogP contribution in [0, 0.1) is 0 Å². The van der Waals surface area contributed by atoms with E-state index in [0.717, 1.165) is 5.75 Å². The largest absolute Gasteiger partial charge is 0.171 e. The maximum atomic E-state index is 5.49. The van der Waals surface area contributed by atoms with Crippen molar-refractivity contribution in [1.29, 1.82) is 0 Å². The molecule has 0 spiro atoms. The molecular formula is C2H5Cl2PS2. The Labute approximate surface area is 62.3 Å². The SMILES string of the molecule is CCSP(=S)(Cl)Cl. The summed E-state index contributed by atoms with van der Waals surface area (Å²) in [4.78, 5) is 0. The second-order valence-electron chi connectivity index (χ2n) is 0.832. The predicted molar refractivity (Wildman–Crippen MR) is 44.1 cm³/mol. The van der Waals surface area contributed by atoms with E-state index in [-0.39, 0.29) is 0 Å². The van der Waals surface area contributed by atoms with Crippen LogP contribution >= 0.6 is 37.8 Å². The molecule has 0 rings (SSSR count). The summed E-state index contributed by atoms with van der Waals surface area (Å²) in [7, 11) is 0. The molecule has 0 bridgehead atoms. The van der Waals surface area contributed by atoms with Crippen molar-refractivity contribution in [1.82, 2.24) is 0 Å². The molecule has 0 fully saturated rings. The van der Waals surface area contributed by atoms with Crippen LogP contribution in [0.5, 0.6) is 0 Å². The molecular weight excluding hydrogens is 190 g/mol. The topological polar surface area (TPSA) is 0 Å². The van der Waals surface area contributed by atoms with E-state index in [1.165, 1.54) is 11.4 Å². The fourth-order valence-corrected chi connectivity index (χ4v) is 4.06. The van der Waals surface area contributed by atoms with Crippen molar-refractivity contribution in [3.05, 3.63) is 0 Å². The minimum absolute atomic E-state index is 0.907. The molecule has 0 heterocycles. The normalized spacial score (nSPS) is 11.9. The Kier molecular flexibility index (Phi) is 4.38. The minimum Gasteiger partial charge on any atom is -0.0951 e. The van der Waals surface area contributed by atoms with Crippen molar-refractivity contribution in [3.8, 4) is 0 Å². The number of halogens is 2. The Bertz CT molecular complexity index is 87.7. The summed E-state index contributed by atoms with van der Waals surface area (Å²) < 4.78 is -1.97. The first kappa shape index (κ1) is 8.58. The van der Waals surface area contributed by atoms with Crippen LogP contribution in [-0.2, 0) is 11.8 Å². The first-order valence-corrected chi connectivity index (χ1v) is 7.90. The first-order valence-electron chi connectivity index (χ1n) is 1.70. The van der Waals surface area contributed by atoms with E-state index >= 15 is 0 Å². The molecule has 0 saturated heterocycles. The van der Waals surface area contributed by atoms with E-state index in [4.69, 9.17) is 22.5 Å². The van der Waals surface area contributed by atoms with Crippen LogP contribution in [0.3, 0.4) is 0 Å². The van der Waals surface area contributed by atoms with Crippen molar-refractivity contribution in [3.63, 3.8) is 0 Å². The molecule has 0 saturated carbocycles. The Hall–Kier alpha value is 1.58. The Morgan fingerprint density at radius 3 is 2.14 bits per heavy atom. The molecule has 0 N–H and O–H groups in total. The Balaban J connectivity index is 3.36. The second-order valence-corrected chi connectivity index (χ2v) is 13.2. The zero-order valence-corrected chi connectivity index (χ0v) is 7.77. The lowest BCUT2D eigenvalue weighted by Crippen LogP contribution is -1.54. The smallest absolute Gasteiger partial charge is 0.0951 e. The second kappa shape index (κ2) is 3.58. The summed E-state index contributed by atoms with van der Waals surface area (Å²) in [6, 6.07) is 0. The van der Waals surface area contributed by atoms with Crippen LogP contribution in [0.25, 0.3) is 0 Å². The third-order valence-corrected chi connectivity index (χ3v) is 5.22. The number of hydrogen-bond donors (Lipinski definition) is 0. The van der Waals surface area contributed by atoms with Gasteiger partial charge >= 0.3 is 0 Å². The molecule has 5 heteroatoms. The standard InChI is InChI=1S/C2H5Cl2PS2/c1-2-7-5(3,4)6/h2H2,1H3. The van der Waals surface area contributed by atoms with Crippen LogP contribution in [0.15, 0.2) is 0 Å². The molecule has 0 nitrogen and oxygen atoms in total. The molecule has 0 aromatic carbocycles. The van der Waals surface area contributed by atoms with Crippen LogP contribution in [-0.4, -0.2) is 5.75 Å². The molecule has 44 valence electrons. The lowest BCUT2D eigenvalue weighted by Gasteiger charge is -1.97. The summed E-state index contributed by atoms with van der Waals surface area (Å²) in [6.07, 6.45) is 0. The van der Waals surface area contributed by atoms with Crippen LogP contribution in [0.4, 0.5) is 0 Å². The van der Waals surface area contributed by atoms with E-state index in [0.29, 0.717) is 0 Å². The third-order valence-electron chi connectivity index (χ3n) is 0.279. The maximum absolute atomic E-state index is 5.49. The van der Waals surface area contributed by atoms with Gasteiger partial charge < -0.3 is 0 Å². The lowest BCUT2D eigenvalue weighted by molar-refractivity contribution is 1.54. The van der Waals surface area contributed by atoms with Gasteiger partial charge in [0.2, 0.25) is 0 Å². The fourth-order valence-electron chi connectivity index (χ4n) is 0.150. The van der Waals surface area contributed by atoms with Gasteiger partial charge in [0.15, 0.2) is 3.95 Å². The van der Waals surface area contributed by atoms with Gasteiger partial charge in [0.25, 0.3) is 0 Å². The molecule has 0 aliphatic heterocycles. The van der Waals surface area contributed by atoms with Gasteiger partial charge in [0, 0.05) is 0 Å². The fraction of sp³-hybridized carbons (Fsp3) is 1.00. The van der Waals surface area contributed by atoms with Gasteiger partial charge in [0.1, 0.15) is 0 Å². The van der Waals surface area contributed by atoms with E-state index in [2.05, 4.69) is 11.8 Å². The van der Waals surface area contributed by atoms with Crippen molar-refractivity contribution in [2.24, 2.45) is 0 Å². The summed E-state index contributed by atoms with van der Waals surface area (Å²) in [5, 5.41) is 0.